The quantitative estimate of drug-likeness (QED) is 0.781. The van der Waals surface area contributed by atoms with Crippen molar-refractivity contribution in [3.63, 3.8) is 0 Å². The van der Waals surface area contributed by atoms with E-state index in [1.807, 2.05) is 6.92 Å². The molecular formula is C7H13N3O3S. The van der Waals surface area contributed by atoms with Crippen molar-refractivity contribution in [2.75, 3.05) is 0 Å². The molecule has 1 aromatic rings. The van der Waals surface area contributed by atoms with Crippen LogP contribution in [0.5, 0.6) is 5.75 Å². The van der Waals surface area contributed by atoms with E-state index in [0.717, 1.165) is 0 Å². The van der Waals surface area contributed by atoms with Crippen molar-refractivity contribution in [2.24, 2.45) is 5.14 Å². The molecule has 80 valence electrons. The SMILES string of the molecule is CCn1nc(C)c(OS(N)(=O)=O)c1C. The van der Waals surface area contributed by atoms with Crippen LogP contribution in [0.2, 0.25) is 0 Å². The van der Waals surface area contributed by atoms with Gasteiger partial charge in [-0.15, -0.1) is 0 Å². The molecule has 6 nitrogen and oxygen atoms in total. The molecule has 0 amide bonds. The topological polar surface area (TPSA) is 87.2 Å². The second-order valence-electron chi connectivity index (χ2n) is 2.89. The highest BCUT2D eigenvalue weighted by Crippen LogP contribution is 2.22. The summed E-state index contributed by atoms with van der Waals surface area (Å²) in [4.78, 5) is 0. The molecule has 0 saturated carbocycles. The summed E-state index contributed by atoms with van der Waals surface area (Å²) in [5, 5.41) is 8.85. The minimum Gasteiger partial charge on any atom is -0.367 e. The second-order valence-corrected chi connectivity index (χ2v) is 4.04. The summed E-state index contributed by atoms with van der Waals surface area (Å²) < 4.78 is 27.7. The molecule has 0 spiro atoms. The highest BCUT2D eigenvalue weighted by Gasteiger charge is 2.16. The van der Waals surface area contributed by atoms with E-state index in [0.29, 0.717) is 17.9 Å². The first-order valence-corrected chi connectivity index (χ1v) is 5.58. The van der Waals surface area contributed by atoms with E-state index in [1.165, 1.54) is 0 Å². The predicted molar refractivity (Wildman–Crippen MR) is 51.1 cm³/mol. The first-order chi connectivity index (χ1) is 6.35. The Kier molecular flexibility index (Phi) is 2.81. The van der Waals surface area contributed by atoms with Gasteiger partial charge in [0.25, 0.3) is 0 Å². The summed E-state index contributed by atoms with van der Waals surface area (Å²) >= 11 is 0. The Labute approximate surface area is 82.9 Å². The lowest BCUT2D eigenvalue weighted by Gasteiger charge is -2.02. The number of hydrogen-bond acceptors (Lipinski definition) is 4. The Bertz CT molecular complexity index is 435. The van der Waals surface area contributed by atoms with E-state index in [4.69, 9.17) is 5.14 Å². The zero-order chi connectivity index (χ0) is 10.9. The minimum absolute atomic E-state index is 0.217. The largest absolute Gasteiger partial charge is 0.380 e. The fourth-order valence-corrected chi connectivity index (χ4v) is 1.70. The second kappa shape index (κ2) is 3.58. The standard InChI is InChI=1S/C7H13N3O3S/c1-4-10-6(3)7(5(2)9-10)13-14(8,11)12/h4H2,1-3H3,(H2,8,11,12). The maximum Gasteiger partial charge on any atom is 0.380 e. The summed E-state index contributed by atoms with van der Waals surface area (Å²) in [5.41, 5.74) is 1.16. The monoisotopic (exact) mass is 219 g/mol. The van der Waals surface area contributed by atoms with Crippen LogP contribution in [-0.2, 0) is 16.8 Å². The molecule has 0 radical (unpaired) electrons. The molecule has 7 heteroatoms. The maximum atomic E-state index is 10.7. The van der Waals surface area contributed by atoms with Gasteiger partial charge >= 0.3 is 10.3 Å². The van der Waals surface area contributed by atoms with Crippen LogP contribution < -0.4 is 9.32 Å². The molecule has 2 N–H and O–H groups in total. The van der Waals surface area contributed by atoms with Gasteiger partial charge in [-0.05, 0) is 20.8 Å². The van der Waals surface area contributed by atoms with Gasteiger partial charge in [0.2, 0.25) is 0 Å². The Morgan fingerprint density at radius 2 is 2.07 bits per heavy atom. The molecule has 0 unspecified atom stereocenters. The van der Waals surface area contributed by atoms with E-state index in [1.54, 1.807) is 18.5 Å². The Morgan fingerprint density at radius 1 is 1.50 bits per heavy atom. The van der Waals surface area contributed by atoms with Crippen molar-refractivity contribution in [3.05, 3.63) is 11.4 Å². The molecule has 1 heterocycles. The summed E-state index contributed by atoms with van der Waals surface area (Å²) in [7, 11) is -3.97. The van der Waals surface area contributed by atoms with Crippen molar-refractivity contribution in [3.8, 4) is 5.75 Å². The maximum absolute atomic E-state index is 10.7. The van der Waals surface area contributed by atoms with Gasteiger partial charge in [-0.25, -0.2) is 0 Å². The Balaban J connectivity index is 3.15. The smallest absolute Gasteiger partial charge is 0.367 e. The van der Waals surface area contributed by atoms with Gasteiger partial charge in [0.05, 0.1) is 5.69 Å². The number of nitrogens with zero attached hydrogens (tertiary/aromatic N) is 2. The fraction of sp³-hybridized carbons (Fsp3) is 0.571. The third-order valence-electron chi connectivity index (χ3n) is 1.81. The lowest BCUT2D eigenvalue weighted by atomic mass is 10.3. The van der Waals surface area contributed by atoms with Crippen molar-refractivity contribution in [2.45, 2.75) is 27.3 Å². The van der Waals surface area contributed by atoms with Crippen molar-refractivity contribution in [1.82, 2.24) is 9.78 Å². The Hall–Kier alpha value is -1.08. The summed E-state index contributed by atoms with van der Waals surface area (Å²) in [6, 6.07) is 0. The molecule has 0 aliphatic carbocycles. The van der Waals surface area contributed by atoms with Gasteiger partial charge in [-0.1, -0.05) is 0 Å². The lowest BCUT2D eigenvalue weighted by Crippen LogP contribution is -2.19. The molecule has 0 atom stereocenters. The molecule has 0 aliphatic heterocycles. The summed E-state index contributed by atoms with van der Waals surface area (Å²) in [5.74, 6) is 0.217. The van der Waals surface area contributed by atoms with E-state index < -0.39 is 10.3 Å². The van der Waals surface area contributed by atoms with Gasteiger partial charge in [-0.3, -0.25) is 4.68 Å². The number of hydrogen-bond donors (Lipinski definition) is 1. The van der Waals surface area contributed by atoms with Crippen LogP contribution in [0, 0.1) is 13.8 Å². The molecule has 0 saturated heterocycles. The van der Waals surface area contributed by atoms with Crippen LogP contribution in [0.3, 0.4) is 0 Å². The third-order valence-corrected chi connectivity index (χ3v) is 2.21. The summed E-state index contributed by atoms with van der Waals surface area (Å²) in [6.45, 7) is 5.95. The van der Waals surface area contributed by atoms with Crippen molar-refractivity contribution < 1.29 is 12.6 Å². The summed E-state index contributed by atoms with van der Waals surface area (Å²) in [6.07, 6.45) is 0. The van der Waals surface area contributed by atoms with Crippen LogP contribution in [0.25, 0.3) is 0 Å². The minimum atomic E-state index is -3.97. The molecule has 14 heavy (non-hydrogen) atoms. The molecular weight excluding hydrogens is 206 g/mol. The van der Waals surface area contributed by atoms with Crippen LogP contribution in [0.4, 0.5) is 0 Å². The zero-order valence-corrected chi connectivity index (χ0v) is 9.13. The van der Waals surface area contributed by atoms with E-state index in [9.17, 15) is 8.42 Å². The van der Waals surface area contributed by atoms with Crippen LogP contribution in [0.1, 0.15) is 18.3 Å². The fourth-order valence-electron chi connectivity index (χ4n) is 1.23. The molecule has 1 aromatic heterocycles. The van der Waals surface area contributed by atoms with Crippen molar-refractivity contribution >= 4 is 10.3 Å². The average Bonchev–Trinajstić information content (AvgIpc) is 2.29. The first kappa shape index (κ1) is 11.0. The van der Waals surface area contributed by atoms with Crippen LogP contribution >= 0.6 is 0 Å². The molecule has 0 bridgehead atoms. The van der Waals surface area contributed by atoms with Gasteiger partial charge in [0, 0.05) is 6.54 Å². The van der Waals surface area contributed by atoms with Gasteiger partial charge in [0.15, 0.2) is 5.75 Å². The van der Waals surface area contributed by atoms with Crippen LogP contribution in [-0.4, -0.2) is 18.2 Å². The first-order valence-electron chi connectivity index (χ1n) is 4.11. The zero-order valence-electron chi connectivity index (χ0n) is 8.31. The third kappa shape index (κ3) is 2.24. The number of rotatable bonds is 3. The van der Waals surface area contributed by atoms with E-state index in [2.05, 4.69) is 9.28 Å². The Morgan fingerprint density at radius 3 is 2.43 bits per heavy atom. The normalized spacial score (nSPS) is 11.7. The highest BCUT2D eigenvalue weighted by atomic mass is 32.2. The molecule has 0 aliphatic rings. The molecule has 0 aromatic carbocycles. The highest BCUT2D eigenvalue weighted by molar-refractivity contribution is 7.84. The predicted octanol–water partition coefficient (Wildman–Crippen LogP) is 0.102. The molecule has 0 fully saturated rings. The number of nitrogens with two attached hydrogens (primary N) is 1. The van der Waals surface area contributed by atoms with Crippen LogP contribution in [0.15, 0.2) is 0 Å². The number of aromatic nitrogens is 2. The van der Waals surface area contributed by atoms with Gasteiger partial charge in [0.1, 0.15) is 5.69 Å². The average molecular weight is 219 g/mol. The van der Waals surface area contributed by atoms with E-state index >= 15 is 0 Å². The van der Waals surface area contributed by atoms with Gasteiger partial charge < -0.3 is 4.18 Å². The molecule has 1 rings (SSSR count). The van der Waals surface area contributed by atoms with Gasteiger partial charge in [-0.2, -0.15) is 18.7 Å². The number of aryl methyl sites for hydroxylation is 2. The van der Waals surface area contributed by atoms with E-state index in [-0.39, 0.29) is 5.75 Å². The lowest BCUT2D eigenvalue weighted by molar-refractivity contribution is 0.482. The van der Waals surface area contributed by atoms with Crippen molar-refractivity contribution in [1.29, 1.82) is 0 Å².